The number of nitro groups is 1. The van der Waals surface area contributed by atoms with Gasteiger partial charge in [0.15, 0.2) is 6.61 Å². The van der Waals surface area contributed by atoms with Crippen LogP contribution in [0, 0.1) is 28.4 Å². The number of carbonyl (C=O) groups is 2. The first-order chi connectivity index (χ1) is 12.4. The van der Waals surface area contributed by atoms with Crippen LogP contribution in [0.5, 0.6) is 0 Å². The van der Waals surface area contributed by atoms with Crippen LogP contribution in [0.25, 0.3) is 0 Å². The molecule has 26 heavy (non-hydrogen) atoms. The number of rotatable bonds is 6. The first-order valence-electron chi connectivity index (χ1n) is 7.59. The fourth-order valence-electron chi connectivity index (χ4n) is 2.25. The van der Waals surface area contributed by atoms with E-state index in [-0.39, 0.29) is 23.2 Å². The van der Waals surface area contributed by atoms with Crippen molar-refractivity contribution in [2.24, 2.45) is 0 Å². The topological polar surface area (TPSA) is 122 Å². The van der Waals surface area contributed by atoms with Gasteiger partial charge in [-0.05, 0) is 30.7 Å². The van der Waals surface area contributed by atoms with E-state index in [0.717, 1.165) is 5.56 Å². The number of nitriles is 1. The van der Waals surface area contributed by atoms with E-state index in [2.05, 4.69) is 5.32 Å². The van der Waals surface area contributed by atoms with Crippen LogP contribution in [0.15, 0.2) is 42.5 Å². The number of carbonyl (C=O) groups excluding carboxylic acids is 2. The van der Waals surface area contributed by atoms with Gasteiger partial charge in [-0.15, -0.1) is 0 Å². The molecule has 0 unspecified atom stereocenters. The Morgan fingerprint density at radius 1 is 1.23 bits per heavy atom. The molecular formula is C18H15N3O5. The van der Waals surface area contributed by atoms with Gasteiger partial charge in [-0.2, -0.15) is 5.26 Å². The maximum absolute atomic E-state index is 12.1. The molecule has 1 N–H and O–H groups in total. The Morgan fingerprint density at radius 3 is 2.54 bits per heavy atom. The maximum atomic E-state index is 12.1. The number of nitrogens with one attached hydrogen (secondary N) is 1. The second kappa shape index (κ2) is 8.39. The van der Waals surface area contributed by atoms with E-state index in [0.29, 0.717) is 5.69 Å². The molecule has 8 nitrogen and oxygen atoms in total. The highest BCUT2D eigenvalue weighted by molar-refractivity contribution is 5.96. The van der Waals surface area contributed by atoms with Crippen molar-refractivity contribution in [3.63, 3.8) is 0 Å². The molecule has 0 radical (unpaired) electrons. The predicted molar refractivity (Wildman–Crippen MR) is 92.5 cm³/mol. The van der Waals surface area contributed by atoms with Crippen molar-refractivity contribution in [1.82, 2.24) is 0 Å². The molecule has 0 fully saturated rings. The van der Waals surface area contributed by atoms with Crippen molar-refractivity contribution in [3.8, 4) is 6.07 Å². The highest BCUT2D eigenvalue weighted by Gasteiger charge is 2.19. The van der Waals surface area contributed by atoms with Crippen molar-refractivity contribution in [3.05, 3.63) is 69.3 Å². The molecule has 0 saturated heterocycles. The fourth-order valence-corrected chi connectivity index (χ4v) is 2.25. The largest absolute Gasteiger partial charge is 0.452 e. The number of anilines is 1. The average Bonchev–Trinajstić information content (AvgIpc) is 2.61. The molecule has 2 aromatic rings. The van der Waals surface area contributed by atoms with Crippen LogP contribution in [0.4, 0.5) is 11.4 Å². The van der Waals surface area contributed by atoms with Gasteiger partial charge >= 0.3 is 5.97 Å². The molecule has 0 aliphatic carbocycles. The molecule has 0 aliphatic rings. The number of nitrogens with zero attached hydrogens (tertiary/aromatic N) is 2. The lowest BCUT2D eigenvalue weighted by molar-refractivity contribution is -0.385. The monoisotopic (exact) mass is 353 g/mol. The number of hydrogen-bond donors (Lipinski definition) is 1. The van der Waals surface area contributed by atoms with E-state index in [9.17, 15) is 19.7 Å². The van der Waals surface area contributed by atoms with E-state index < -0.39 is 23.4 Å². The third-order valence-electron chi connectivity index (χ3n) is 3.58. The Bertz CT molecular complexity index is 885. The first-order valence-corrected chi connectivity index (χ1v) is 7.59. The second-order valence-corrected chi connectivity index (χ2v) is 5.36. The van der Waals surface area contributed by atoms with Crippen molar-refractivity contribution >= 4 is 23.3 Å². The summed E-state index contributed by atoms with van der Waals surface area (Å²) in [7, 11) is 0. The molecule has 0 heterocycles. The van der Waals surface area contributed by atoms with E-state index >= 15 is 0 Å². The molecule has 0 spiro atoms. The first kappa shape index (κ1) is 18.6. The van der Waals surface area contributed by atoms with Crippen molar-refractivity contribution in [2.45, 2.75) is 13.3 Å². The third-order valence-corrected chi connectivity index (χ3v) is 3.58. The molecule has 0 aromatic heterocycles. The van der Waals surface area contributed by atoms with Crippen molar-refractivity contribution < 1.29 is 19.2 Å². The van der Waals surface area contributed by atoms with Gasteiger partial charge < -0.3 is 10.1 Å². The Kier molecular flexibility index (Phi) is 6.01. The molecule has 2 aromatic carbocycles. The third kappa shape index (κ3) is 4.64. The number of nitro benzene ring substituents is 1. The van der Waals surface area contributed by atoms with Gasteiger partial charge in [-0.1, -0.05) is 18.2 Å². The Labute approximate surface area is 149 Å². The number of amides is 1. The number of esters is 1. The van der Waals surface area contributed by atoms with Gasteiger partial charge in [0.25, 0.3) is 11.6 Å². The van der Waals surface area contributed by atoms with Gasteiger partial charge in [0.1, 0.15) is 0 Å². The highest BCUT2D eigenvalue weighted by Crippen LogP contribution is 2.21. The number of benzene rings is 2. The van der Waals surface area contributed by atoms with E-state index in [1.54, 1.807) is 24.3 Å². The zero-order chi connectivity index (χ0) is 19.1. The smallest absolute Gasteiger partial charge is 0.339 e. The summed E-state index contributed by atoms with van der Waals surface area (Å²) in [5, 5.41) is 22.1. The summed E-state index contributed by atoms with van der Waals surface area (Å²) in [6, 6.07) is 12.8. The van der Waals surface area contributed by atoms with Gasteiger partial charge in [-0.25, -0.2) is 4.79 Å². The van der Waals surface area contributed by atoms with E-state index in [1.165, 1.54) is 25.1 Å². The Balaban J connectivity index is 1.95. The van der Waals surface area contributed by atoms with Crippen molar-refractivity contribution in [2.75, 3.05) is 11.9 Å². The van der Waals surface area contributed by atoms with Gasteiger partial charge in [0, 0.05) is 17.3 Å². The number of ether oxygens (including phenoxy) is 1. The van der Waals surface area contributed by atoms with E-state index in [1.807, 2.05) is 6.07 Å². The highest BCUT2D eigenvalue weighted by atomic mass is 16.6. The fraction of sp³-hybridized carbons (Fsp3) is 0.167. The summed E-state index contributed by atoms with van der Waals surface area (Å²) < 4.78 is 4.92. The Hall–Kier alpha value is -3.73. The van der Waals surface area contributed by atoms with E-state index in [4.69, 9.17) is 10.00 Å². The van der Waals surface area contributed by atoms with Crippen LogP contribution in [0.2, 0.25) is 0 Å². The minimum absolute atomic E-state index is 0.0351. The molecule has 0 saturated carbocycles. The van der Waals surface area contributed by atoms with Crippen LogP contribution < -0.4 is 5.32 Å². The molecular weight excluding hydrogens is 338 g/mol. The molecule has 2 rings (SSSR count). The molecule has 1 amide bonds. The second-order valence-electron chi connectivity index (χ2n) is 5.36. The standard InChI is InChI=1S/C18H15N3O5/c1-12-15(3-2-4-16(12)21(24)25)18(23)26-11-17(22)20-14-7-5-13(6-8-14)9-10-19/h2-8H,9,11H2,1H3,(H,20,22). The summed E-state index contributed by atoms with van der Waals surface area (Å²) in [5.74, 6) is -1.36. The molecule has 8 heteroatoms. The van der Waals surface area contributed by atoms with Gasteiger partial charge in [-0.3, -0.25) is 14.9 Å². The summed E-state index contributed by atoms with van der Waals surface area (Å²) in [4.78, 5) is 34.2. The van der Waals surface area contributed by atoms with Crippen LogP contribution in [-0.4, -0.2) is 23.4 Å². The molecule has 0 aliphatic heterocycles. The summed E-state index contributed by atoms with van der Waals surface area (Å²) in [6.07, 6.45) is 0.272. The summed E-state index contributed by atoms with van der Waals surface area (Å²) in [5.41, 5.74) is 1.34. The molecule has 132 valence electrons. The lowest BCUT2D eigenvalue weighted by Crippen LogP contribution is -2.21. The zero-order valence-corrected chi connectivity index (χ0v) is 13.9. The molecule has 0 bridgehead atoms. The minimum Gasteiger partial charge on any atom is -0.452 e. The van der Waals surface area contributed by atoms with Crippen LogP contribution >= 0.6 is 0 Å². The lowest BCUT2D eigenvalue weighted by atomic mass is 10.1. The van der Waals surface area contributed by atoms with Crippen LogP contribution in [-0.2, 0) is 16.0 Å². The van der Waals surface area contributed by atoms with Gasteiger partial charge in [0.05, 0.1) is 23.0 Å². The maximum Gasteiger partial charge on any atom is 0.339 e. The van der Waals surface area contributed by atoms with Crippen LogP contribution in [0.3, 0.4) is 0 Å². The quantitative estimate of drug-likeness (QED) is 0.484. The van der Waals surface area contributed by atoms with Crippen molar-refractivity contribution in [1.29, 1.82) is 5.26 Å². The lowest BCUT2D eigenvalue weighted by Gasteiger charge is -2.08. The summed E-state index contributed by atoms with van der Waals surface area (Å²) >= 11 is 0. The average molecular weight is 353 g/mol. The van der Waals surface area contributed by atoms with Gasteiger partial charge in [0.2, 0.25) is 0 Å². The number of hydrogen-bond acceptors (Lipinski definition) is 6. The summed E-state index contributed by atoms with van der Waals surface area (Å²) in [6.45, 7) is 0.915. The SMILES string of the molecule is Cc1c(C(=O)OCC(=O)Nc2ccc(CC#N)cc2)cccc1[N+](=O)[O-]. The minimum atomic E-state index is -0.814. The van der Waals surface area contributed by atoms with Crippen LogP contribution in [0.1, 0.15) is 21.5 Å². The normalized spacial score (nSPS) is 9.85. The Morgan fingerprint density at radius 2 is 1.92 bits per heavy atom. The molecule has 0 atom stereocenters. The zero-order valence-electron chi connectivity index (χ0n) is 13.9. The predicted octanol–water partition coefficient (Wildman–Crippen LogP) is 2.76.